The Morgan fingerprint density at radius 1 is 0.816 bits per heavy atom. The minimum Gasteiger partial charge on any atom is -0.462 e. The minimum absolute atomic E-state index is 0.0151. The van der Waals surface area contributed by atoms with E-state index in [0.717, 1.165) is 0 Å². The number of allylic oxidation sites excluding steroid dienone is 3. The van der Waals surface area contributed by atoms with Crippen LogP contribution in [0.15, 0.2) is 60.2 Å². The molecule has 10 bridgehead atoms. The second-order valence-corrected chi connectivity index (χ2v) is 27.1. The first-order valence-electron chi connectivity index (χ1n) is 31.3. The van der Waals surface area contributed by atoms with E-state index in [9.17, 15) is 54.9 Å². The molecule has 0 aromatic carbocycles. The van der Waals surface area contributed by atoms with Gasteiger partial charge < -0.3 is 83.1 Å². The molecule has 24 atom stereocenters. The van der Waals surface area contributed by atoms with Crippen molar-refractivity contribution in [3.8, 4) is 0 Å². The summed E-state index contributed by atoms with van der Waals surface area (Å²) >= 11 is 5.84. The van der Waals surface area contributed by atoms with Crippen LogP contribution in [-0.4, -0.2) is 187 Å². The van der Waals surface area contributed by atoms with Crippen LogP contribution < -0.4 is 0 Å². The van der Waals surface area contributed by atoms with Crippen molar-refractivity contribution in [1.82, 2.24) is 0 Å². The third-order valence-electron chi connectivity index (χ3n) is 18.8. The molecule has 492 valence electrons. The number of halogens is 1. The maximum Gasteiger partial charge on any atom is 0.308 e. The van der Waals surface area contributed by atoms with Crippen molar-refractivity contribution in [3.05, 3.63) is 60.2 Å². The number of ether oxygens (including phenoxy) is 10. The van der Waals surface area contributed by atoms with E-state index in [-0.39, 0.29) is 74.7 Å². The Morgan fingerprint density at radius 3 is 2.17 bits per heavy atom. The number of rotatable bonds is 11. The molecule has 87 heavy (non-hydrogen) atoms. The van der Waals surface area contributed by atoms with Crippen LogP contribution in [0.4, 0.5) is 0 Å². The first kappa shape index (κ1) is 71.0. The topological polar surface area (TPSA) is 302 Å². The summed E-state index contributed by atoms with van der Waals surface area (Å²) in [5, 5.41) is 82.6. The molecule has 0 aliphatic carbocycles. The predicted molar refractivity (Wildman–Crippen MR) is 317 cm³/mol. The molecule has 2 spiro atoms. The maximum atomic E-state index is 14.5. The monoisotopic (exact) mass is 1250 g/mol. The highest BCUT2D eigenvalue weighted by molar-refractivity contribution is 6.30. The highest BCUT2D eigenvalue weighted by atomic mass is 35.5. The van der Waals surface area contributed by atoms with Gasteiger partial charge in [0.15, 0.2) is 17.4 Å². The lowest BCUT2D eigenvalue weighted by Crippen LogP contribution is -2.65. The van der Waals surface area contributed by atoms with Gasteiger partial charge in [-0.3, -0.25) is 19.2 Å². The Kier molecular flexibility index (Phi) is 24.7. The summed E-state index contributed by atoms with van der Waals surface area (Å²) in [6, 6.07) is 0. The number of esters is 3. The molecule has 7 aliphatic rings. The lowest BCUT2D eigenvalue weighted by molar-refractivity contribution is -0.351. The van der Waals surface area contributed by atoms with Crippen molar-refractivity contribution in [2.45, 2.75) is 291 Å². The quantitative estimate of drug-likeness (QED) is 0.0490. The fourth-order valence-corrected chi connectivity index (χ4v) is 14.5. The molecule has 7 N–H and O–H groups in total. The van der Waals surface area contributed by atoms with Crippen molar-refractivity contribution < 1.29 is 102 Å². The van der Waals surface area contributed by atoms with E-state index >= 15 is 0 Å². The average Bonchev–Trinajstić information content (AvgIpc) is 1.03. The van der Waals surface area contributed by atoms with Crippen LogP contribution in [-0.2, 0) is 66.5 Å². The Hall–Kier alpha value is -3.49. The standard InChI is InChI=1S/C65H99ClO21/c1-35(16-15-17-44(69)21-20-37(3)66)22-55-57(74)59-41(7)60(81-55)61(75)65(77)33-53(72)39(5)54(87-65)19-14-12-13-18-46-24-45(70)29-63(83-46)31-49(78-11)25-47(84-63)27-52(71)40(6)58(80-43(9)68)38(4)36(2)23-51-30-62(10,76)34-64(86-51)32-50(79-42(8)67)26-48(85-64)28-56(73)82-59/h13,18,20-21,38-41,44-51,53-55,57-61,69-70,72,74-77H,1-3,12,14-17,19,22-34H2,4-11H3/b18-13-,21-20+/t38?,39-,40-,41-,44?,45+,46-,47+,48-,49+,50+,51+,53+,54-,55-,57-,58?,59-,60-,61+,62+,63?,64-,65-/m1/s1. The smallest absolute Gasteiger partial charge is 0.308 e. The molecule has 0 amide bonds. The second-order valence-electron chi connectivity index (χ2n) is 26.6. The van der Waals surface area contributed by atoms with Gasteiger partial charge >= 0.3 is 17.9 Å². The molecule has 21 nitrogen and oxygen atoms in total. The molecule has 7 rings (SSSR count). The summed E-state index contributed by atoms with van der Waals surface area (Å²) < 4.78 is 63.6. The summed E-state index contributed by atoms with van der Waals surface area (Å²) in [4.78, 5) is 54.4. The van der Waals surface area contributed by atoms with Crippen LogP contribution in [0.1, 0.15) is 170 Å². The third kappa shape index (κ3) is 19.1. The van der Waals surface area contributed by atoms with Crippen molar-refractivity contribution in [3.63, 3.8) is 0 Å². The predicted octanol–water partition coefficient (Wildman–Crippen LogP) is 6.69. The number of Topliss-reactive ketones (excluding diaryl/α,β-unsaturated/α-hetero) is 1. The molecular weight excluding hydrogens is 1150 g/mol. The molecule has 0 aromatic rings. The Bertz CT molecular complexity index is 2470. The lowest BCUT2D eigenvalue weighted by atomic mass is 9.78. The van der Waals surface area contributed by atoms with Crippen LogP contribution in [0.3, 0.4) is 0 Å². The first-order valence-corrected chi connectivity index (χ1v) is 31.7. The molecule has 7 heterocycles. The number of aliphatic hydroxyl groups is 7. The van der Waals surface area contributed by atoms with Gasteiger partial charge in [-0.1, -0.05) is 88.4 Å². The van der Waals surface area contributed by atoms with E-state index in [0.29, 0.717) is 62.5 Å². The maximum absolute atomic E-state index is 14.5. The van der Waals surface area contributed by atoms with Crippen LogP contribution >= 0.6 is 11.6 Å². The highest BCUT2D eigenvalue weighted by Gasteiger charge is 2.58. The van der Waals surface area contributed by atoms with Crippen molar-refractivity contribution in [2.24, 2.45) is 23.7 Å². The molecule has 0 aromatic heterocycles. The Morgan fingerprint density at radius 2 is 1.48 bits per heavy atom. The zero-order chi connectivity index (χ0) is 63.9. The van der Waals surface area contributed by atoms with E-state index < -0.39 is 169 Å². The first-order chi connectivity index (χ1) is 40.8. The second kappa shape index (κ2) is 30.3. The fraction of sp³-hybridized carbons (Fsp3) is 0.785. The molecule has 6 saturated heterocycles. The fourth-order valence-electron chi connectivity index (χ4n) is 14.4. The highest BCUT2D eigenvalue weighted by Crippen LogP contribution is 2.48. The van der Waals surface area contributed by atoms with Gasteiger partial charge in [-0.15, -0.1) is 0 Å². The van der Waals surface area contributed by atoms with E-state index in [1.165, 1.54) is 26.0 Å². The minimum atomic E-state index is -2.38. The summed E-state index contributed by atoms with van der Waals surface area (Å²) in [5.41, 5.74) is -0.293. The molecular formula is C65H99ClO21. The zero-order valence-corrected chi connectivity index (χ0v) is 52.9. The number of ketones is 1. The van der Waals surface area contributed by atoms with Gasteiger partial charge in [0.25, 0.3) is 0 Å². The molecule has 22 heteroatoms. The SMILES string of the molecule is C=C(Cl)/C=C/C(O)CCCC(=C)C[C@H]1O[C@@H]2[C@H](C)[C@@H](OC(=O)C[C@H]3C[C@H](OC(C)=O)C[C@@]4(C[C@@](C)(O)C[C@H](CC(=C)C(C)C(OC(C)=O)[C@H](C)C(=O)C[C@@H]5C[C@H](OC)CC6(C[C@@H](O)C[C@@H](/C=C\CCC[C@H]7O[C@](O)(C[C@H](O)[C@H]7C)[C@H]2O)O6)O5)O4)O3)[C@@H]1O. The number of aliphatic hydroxyl groups excluding tert-OH is 5. The largest absolute Gasteiger partial charge is 0.462 e. The third-order valence-corrected chi connectivity index (χ3v) is 19.0. The molecule has 4 unspecified atom stereocenters. The Balaban J connectivity index is 1.21. The van der Waals surface area contributed by atoms with Gasteiger partial charge in [-0.2, -0.15) is 0 Å². The summed E-state index contributed by atoms with van der Waals surface area (Å²) in [5.74, 6) is -10.6. The average molecular weight is 1250 g/mol. The van der Waals surface area contributed by atoms with Gasteiger partial charge in [0.1, 0.15) is 36.3 Å². The van der Waals surface area contributed by atoms with Gasteiger partial charge in [0, 0.05) is 108 Å². The zero-order valence-electron chi connectivity index (χ0n) is 52.1. The van der Waals surface area contributed by atoms with Crippen molar-refractivity contribution in [2.75, 3.05) is 7.11 Å². The molecule has 0 saturated carbocycles. The number of hydrogen-bond acceptors (Lipinski definition) is 21. The van der Waals surface area contributed by atoms with E-state index in [1.54, 1.807) is 41.7 Å². The van der Waals surface area contributed by atoms with Crippen molar-refractivity contribution in [1.29, 1.82) is 0 Å². The summed E-state index contributed by atoms with van der Waals surface area (Å²) in [6.07, 6.45) is -6.48. The number of hydrogen-bond donors (Lipinski definition) is 7. The van der Waals surface area contributed by atoms with Gasteiger partial charge in [0.2, 0.25) is 0 Å². The number of fused-ring (bicyclic) bond motifs is 8. The number of carbonyl (C=O) groups is 4. The van der Waals surface area contributed by atoms with E-state index in [2.05, 4.69) is 19.7 Å². The summed E-state index contributed by atoms with van der Waals surface area (Å²) in [6.45, 7) is 23.2. The van der Waals surface area contributed by atoms with E-state index in [4.69, 9.17) is 59.0 Å². The van der Waals surface area contributed by atoms with Crippen LogP contribution in [0, 0.1) is 23.7 Å². The van der Waals surface area contributed by atoms with Gasteiger partial charge in [-0.05, 0) is 64.4 Å². The van der Waals surface area contributed by atoms with Gasteiger partial charge in [-0.25, -0.2) is 0 Å². The van der Waals surface area contributed by atoms with Gasteiger partial charge in [0.05, 0.1) is 85.1 Å². The molecule has 7 aliphatic heterocycles. The van der Waals surface area contributed by atoms with Crippen LogP contribution in [0.2, 0.25) is 0 Å². The van der Waals surface area contributed by atoms with E-state index in [1.807, 2.05) is 12.2 Å². The Labute approximate surface area is 517 Å². The number of methoxy groups -OCH3 is 1. The van der Waals surface area contributed by atoms with Crippen molar-refractivity contribution >= 4 is 35.3 Å². The molecule has 0 radical (unpaired) electrons. The normalized spacial score (nSPS) is 43.8. The number of carbonyl (C=O) groups excluding carboxylic acids is 4. The summed E-state index contributed by atoms with van der Waals surface area (Å²) in [7, 11) is 1.57. The lowest BCUT2D eigenvalue weighted by Gasteiger charge is -2.52. The van der Waals surface area contributed by atoms with Crippen LogP contribution in [0.25, 0.3) is 0 Å². The molecule has 6 fully saturated rings. The van der Waals surface area contributed by atoms with Crippen LogP contribution in [0.5, 0.6) is 0 Å².